The fourth-order valence-electron chi connectivity index (χ4n) is 2.68. The number of ether oxygens (including phenoxy) is 1. The van der Waals surface area contributed by atoms with Crippen LogP contribution in [0, 0.1) is 5.92 Å². The molecule has 1 aromatic rings. The van der Waals surface area contributed by atoms with Gasteiger partial charge < -0.3 is 15.2 Å². The van der Waals surface area contributed by atoms with E-state index in [1.54, 1.807) is 6.07 Å². The predicted octanol–water partition coefficient (Wildman–Crippen LogP) is 2.71. The molecule has 0 bridgehead atoms. The molecule has 0 unspecified atom stereocenters. The van der Waals surface area contributed by atoms with Crippen LogP contribution in [0.2, 0.25) is 0 Å². The Balaban J connectivity index is 1.86. The predicted molar refractivity (Wildman–Crippen MR) is 78.4 cm³/mol. The Bertz CT molecular complexity index is 447. The van der Waals surface area contributed by atoms with Gasteiger partial charge in [-0.2, -0.15) is 0 Å². The molecular formula is C16H23NO3. The third-order valence-corrected chi connectivity index (χ3v) is 3.73. The van der Waals surface area contributed by atoms with Crippen molar-refractivity contribution >= 4 is 11.6 Å². The third-order valence-electron chi connectivity index (χ3n) is 3.73. The first-order valence-electron chi connectivity index (χ1n) is 7.28. The van der Waals surface area contributed by atoms with Gasteiger partial charge in [0.15, 0.2) is 0 Å². The first-order chi connectivity index (χ1) is 9.67. The second-order valence-corrected chi connectivity index (χ2v) is 5.61. The summed E-state index contributed by atoms with van der Waals surface area (Å²) in [5.41, 5.74) is 1.74. The quantitative estimate of drug-likeness (QED) is 0.870. The third kappa shape index (κ3) is 4.62. The molecule has 2 rings (SSSR count). The number of hydrogen-bond acceptors (Lipinski definition) is 3. The van der Waals surface area contributed by atoms with E-state index in [1.807, 2.05) is 18.2 Å². The van der Waals surface area contributed by atoms with Gasteiger partial charge in [-0.1, -0.05) is 31.9 Å². The highest BCUT2D eigenvalue weighted by Crippen LogP contribution is 2.26. The van der Waals surface area contributed by atoms with Gasteiger partial charge in [0.05, 0.1) is 12.7 Å². The number of carbonyl (C=O) groups is 1. The van der Waals surface area contributed by atoms with Crippen molar-refractivity contribution in [2.24, 2.45) is 5.92 Å². The van der Waals surface area contributed by atoms with Crippen molar-refractivity contribution in [1.29, 1.82) is 0 Å². The largest absolute Gasteiger partial charge is 0.387 e. The molecule has 0 spiro atoms. The number of aliphatic hydroxyl groups is 1. The number of hydrogen-bond donors (Lipinski definition) is 2. The average Bonchev–Trinajstić information content (AvgIpc) is 2.45. The van der Waals surface area contributed by atoms with Crippen LogP contribution in [-0.2, 0) is 16.1 Å². The maximum atomic E-state index is 11.1. The van der Waals surface area contributed by atoms with Crippen LogP contribution in [0.15, 0.2) is 24.3 Å². The minimum Gasteiger partial charge on any atom is -0.387 e. The molecule has 2 N–H and O–H groups in total. The molecular weight excluding hydrogens is 254 g/mol. The van der Waals surface area contributed by atoms with Gasteiger partial charge in [0.25, 0.3) is 0 Å². The van der Waals surface area contributed by atoms with Crippen LogP contribution in [0.25, 0.3) is 0 Å². The zero-order valence-electron chi connectivity index (χ0n) is 12.0. The Morgan fingerprint density at radius 2 is 2.30 bits per heavy atom. The molecule has 1 aliphatic carbocycles. The normalized spacial score (nSPS) is 22.5. The number of carbonyl (C=O) groups excluding carboxylic acids is 1. The summed E-state index contributed by atoms with van der Waals surface area (Å²) in [5, 5.41) is 11.4. The van der Waals surface area contributed by atoms with Crippen LogP contribution in [0.1, 0.15) is 38.2 Å². The van der Waals surface area contributed by atoms with E-state index in [1.165, 1.54) is 12.8 Å². The van der Waals surface area contributed by atoms with Gasteiger partial charge in [-0.05, 0) is 36.5 Å². The van der Waals surface area contributed by atoms with Gasteiger partial charge in [-0.25, -0.2) is 0 Å². The number of anilines is 1. The molecule has 1 aromatic carbocycles. The molecule has 0 heterocycles. The van der Waals surface area contributed by atoms with E-state index in [9.17, 15) is 4.79 Å². The van der Waals surface area contributed by atoms with Gasteiger partial charge in [-0.3, -0.25) is 4.79 Å². The van der Waals surface area contributed by atoms with Crippen LogP contribution in [0.4, 0.5) is 5.69 Å². The summed E-state index contributed by atoms with van der Waals surface area (Å²) in [6.07, 6.45) is 5.20. The van der Waals surface area contributed by atoms with E-state index >= 15 is 0 Å². The Labute approximate surface area is 120 Å². The molecule has 1 amide bonds. The lowest BCUT2D eigenvalue weighted by Gasteiger charge is -2.26. The highest BCUT2D eigenvalue weighted by Gasteiger charge is 2.19. The second kappa shape index (κ2) is 7.41. The zero-order valence-corrected chi connectivity index (χ0v) is 12.0. The Morgan fingerprint density at radius 1 is 1.45 bits per heavy atom. The molecule has 1 aliphatic rings. The van der Waals surface area contributed by atoms with E-state index in [4.69, 9.17) is 9.84 Å². The van der Waals surface area contributed by atoms with Crippen LogP contribution in [0.5, 0.6) is 0 Å². The standard InChI is InChI=1S/C16H23NO3/c1-12-4-2-7-15(8-12)20-11-13-5-3-6-14(9-13)17-16(19)10-18/h3,5-6,9,12,15,18H,2,4,7-8,10-11H2,1H3,(H,17,19)/t12-,15-/m1/s1. The number of benzene rings is 1. The fraction of sp³-hybridized carbons (Fsp3) is 0.562. The Morgan fingerprint density at radius 3 is 3.05 bits per heavy atom. The maximum absolute atomic E-state index is 11.1. The van der Waals surface area contributed by atoms with Gasteiger partial charge in [0, 0.05) is 5.69 Å². The minimum atomic E-state index is -0.499. The Kier molecular flexibility index (Phi) is 5.56. The Hall–Kier alpha value is -1.39. The average molecular weight is 277 g/mol. The zero-order chi connectivity index (χ0) is 14.4. The van der Waals surface area contributed by atoms with Gasteiger partial charge in [-0.15, -0.1) is 0 Å². The van der Waals surface area contributed by atoms with E-state index in [0.29, 0.717) is 18.4 Å². The van der Waals surface area contributed by atoms with Crippen LogP contribution >= 0.6 is 0 Å². The fourth-order valence-corrected chi connectivity index (χ4v) is 2.68. The summed E-state index contributed by atoms with van der Waals surface area (Å²) < 4.78 is 5.96. The molecule has 4 nitrogen and oxygen atoms in total. The second-order valence-electron chi connectivity index (χ2n) is 5.61. The van der Waals surface area contributed by atoms with Crippen LogP contribution in [0.3, 0.4) is 0 Å². The minimum absolute atomic E-state index is 0.356. The van der Waals surface area contributed by atoms with Crippen LogP contribution in [-0.4, -0.2) is 23.7 Å². The molecule has 0 saturated heterocycles. The monoisotopic (exact) mass is 277 g/mol. The first kappa shape index (κ1) is 15.0. The molecule has 2 atom stereocenters. The smallest absolute Gasteiger partial charge is 0.250 e. The van der Waals surface area contributed by atoms with Gasteiger partial charge in [0.2, 0.25) is 5.91 Å². The molecule has 1 fully saturated rings. The highest BCUT2D eigenvalue weighted by molar-refractivity contribution is 5.91. The summed E-state index contributed by atoms with van der Waals surface area (Å²) in [6, 6.07) is 7.57. The summed E-state index contributed by atoms with van der Waals surface area (Å²) in [7, 11) is 0. The molecule has 0 radical (unpaired) electrons. The maximum Gasteiger partial charge on any atom is 0.250 e. The molecule has 1 saturated carbocycles. The molecule has 0 aromatic heterocycles. The van der Waals surface area contributed by atoms with Crippen molar-refractivity contribution in [2.45, 2.75) is 45.3 Å². The van der Waals surface area contributed by atoms with Crippen molar-refractivity contribution < 1.29 is 14.6 Å². The van der Waals surface area contributed by atoms with E-state index in [2.05, 4.69) is 12.2 Å². The van der Waals surface area contributed by atoms with E-state index in [-0.39, 0.29) is 0 Å². The molecule has 110 valence electrons. The molecule has 20 heavy (non-hydrogen) atoms. The molecule has 0 aliphatic heterocycles. The van der Waals surface area contributed by atoms with Crippen molar-refractivity contribution in [3.05, 3.63) is 29.8 Å². The lowest BCUT2D eigenvalue weighted by molar-refractivity contribution is -0.118. The number of amides is 1. The number of nitrogens with one attached hydrogen (secondary N) is 1. The lowest BCUT2D eigenvalue weighted by atomic mass is 9.89. The van der Waals surface area contributed by atoms with Gasteiger partial charge >= 0.3 is 0 Å². The number of rotatable bonds is 5. The summed E-state index contributed by atoms with van der Waals surface area (Å²) in [5.74, 6) is 0.355. The van der Waals surface area contributed by atoms with Crippen LogP contribution < -0.4 is 5.32 Å². The van der Waals surface area contributed by atoms with Crippen molar-refractivity contribution in [1.82, 2.24) is 0 Å². The summed E-state index contributed by atoms with van der Waals surface area (Å²) in [4.78, 5) is 11.1. The summed E-state index contributed by atoms with van der Waals surface area (Å²) in [6.45, 7) is 2.35. The van der Waals surface area contributed by atoms with E-state index in [0.717, 1.165) is 24.3 Å². The SMILES string of the molecule is C[C@@H]1CCC[C@@H](OCc2cccc(NC(=O)CO)c2)C1. The lowest BCUT2D eigenvalue weighted by Crippen LogP contribution is -2.21. The van der Waals surface area contributed by atoms with Gasteiger partial charge in [0.1, 0.15) is 6.61 Å². The van der Waals surface area contributed by atoms with Crippen molar-refractivity contribution in [3.63, 3.8) is 0 Å². The van der Waals surface area contributed by atoms with Crippen molar-refractivity contribution in [2.75, 3.05) is 11.9 Å². The highest BCUT2D eigenvalue weighted by atomic mass is 16.5. The topological polar surface area (TPSA) is 58.6 Å². The number of aliphatic hydroxyl groups excluding tert-OH is 1. The summed E-state index contributed by atoms with van der Waals surface area (Å²) >= 11 is 0. The van der Waals surface area contributed by atoms with Crippen molar-refractivity contribution in [3.8, 4) is 0 Å². The van der Waals surface area contributed by atoms with E-state index < -0.39 is 12.5 Å². The molecule has 4 heteroatoms. The first-order valence-corrected chi connectivity index (χ1v) is 7.28.